The van der Waals surface area contributed by atoms with Gasteiger partial charge in [-0.25, -0.2) is 13.1 Å². The number of sulfonamides is 1. The van der Waals surface area contributed by atoms with Crippen molar-refractivity contribution in [2.45, 2.75) is 37.2 Å². The van der Waals surface area contributed by atoms with Gasteiger partial charge in [0.1, 0.15) is 0 Å². The van der Waals surface area contributed by atoms with Crippen molar-refractivity contribution < 1.29 is 13.5 Å². The molecule has 104 valence electrons. The zero-order chi connectivity index (χ0) is 14.5. The van der Waals surface area contributed by atoms with Crippen molar-refractivity contribution in [2.75, 3.05) is 6.54 Å². The molecule has 0 unspecified atom stereocenters. The molecule has 0 amide bonds. The normalized spacial score (nSPS) is 12.1. The average Bonchev–Trinajstić information content (AvgIpc) is 2.45. The van der Waals surface area contributed by atoms with Crippen LogP contribution in [0.3, 0.4) is 0 Å². The lowest BCUT2D eigenvalue weighted by molar-refractivity contribution is 0.0377. The fourth-order valence-electron chi connectivity index (χ4n) is 1.55. The van der Waals surface area contributed by atoms with Gasteiger partial charge in [0.25, 0.3) is 0 Å². The number of benzene rings is 1. The lowest BCUT2D eigenvalue weighted by Crippen LogP contribution is -2.41. The molecule has 0 aliphatic rings. The molecule has 0 saturated heterocycles. The standard InChI is InChI=1S/C13H18N2O3S/c1-3-13(16,4-2)10-15-19(17,18)12-7-5-6-11(8-12)9-14/h5-8,15-16H,3-4,10H2,1-2H3. The minimum atomic E-state index is -3.71. The highest BCUT2D eigenvalue weighted by molar-refractivity contribution is 7.89. The van der Waals surface area contributed by atoms with Crippen molar-refractivity contribution in [3.05, 3.63) is 29.8 Å². The summed E-state index contributed by atoms with van der Waals surface area (Å²) in [4.78, 5) is 0.0288. The van der Waals surface area contributed by atoms with Crippen LogP contribution >= 0.6 is 0 Å². The first kappa shape index (κ1) is 15.6. The van der Waals surface area contributed by atoms with Crippen LogP contribution < -0.4 is 4.72 Å². The summed E-state index contributed by atoms with van der Waals surface area (Å²) in [6, 6.07) is 7.66. The third-order valence-electron chi connectivity index (χ3n) is 3.18. The van der Waals surface area contributed by atoms with E-state index in [1.807, 2.05) is 6.07 Å². The van der Waals surface area contributed by atoms with Crippen molar-refractivity contribution >= 4 is 10.0 Å². The van der Waals surface area contributed by atoms with Gasteiger partial charge in [-0.2, -0.15) is 5.26 Å². The third-order valence-corrected chi connectivity index (χ3v) is 4.58. The lowest BCUT2D eigenvalue weighted by atomic mass is 9.98. The number of nitrogens with zero attached hydrogens (tertiary/aromatic N) is 1. The number of hydrogen-bond donors (Lipinski definition) is 2. The molecule has 0 radical (unpaired) electrons. The Kier molecular flexibility index (Phi) is 5.06. The molecular weight excluding hydrogens is 264 g/mol. The van der Waals surface area contributed by atoms with Crippen LogP contribution in [0.4, 0.5) is 0 Å². The quantitative estimate of drug-likeness (QED) is 0.825. The number of nitriles is 1. The largest absolute Gasteiger partial charge is 0.389 e. The zero-order valence-corrected chi connectivity index (χ0v) is 11.9. The number of aliphatic hydroxyl groups is 1. The van der Waals surface area contributed by atoms with Crippen molar-refractivity contribution in [3.8, 4) is 6.07 Å². The van der Waals surface area contributed by atoms with Crippen LogP contribution in [0.2, 0.25) is 0 Å². The molecule has 0 spiro atoms. The molecule has 0 aromatic heterocycles. The van der Waals surface area contributed by atoms with Crippen molar-refractivity contribution in [3.63, 3.8) is 0 Å². The maximum Gasteiger partial charge on any atom is 0.240 e. The monoisotopic (exact) mass is 282 g/mol. The highest BCUT2D eigenvalue weighted by atomic mass is 32.2. The van der Waals surface area contributed by atoms with E-state index in [1.54, 1.807) is 13.8 Å². The van der Waals surface area contributed by atoms with Crippen LogP contribution in [-0.2, 0) is 10.0 Å². The molecule has 0 fully saturated rings. The van der Waals surface area contributed by atoms with Crippen LogP contribution in [0.1, 0.15) is 32.3 Å². The Bertz CT molecular complexity index is 572. The molecule has 0 atom stereocenters. The second-order valence-electron chi connectivity index (χ2n) is 4.40. The van der Waals surface area contributed by atoms with Crippen LogP contribution in [0, 0.1) is 11.3 Å². The summed E-state index contributed by atoms with van der Waals surface area (Å²) >= 11 is 0. The molecule has 6 heteroatoms. The molecule has 1 aromatic carbocycles. The lowest BCUT2D eigenvalue weighted by Gasteiger charge is -2.25. The summed E-state index contributed by atoms with van der Waals surface area (Å²) in [6.07, 6.45) is 0.925. The first-order valence-electron chi connectivity index (χ1n) is 6.09. The van der Waals surface area contributed by atoms with Crippen molar-refractivity contribution in [1.82, 2.24) is 4.72 Å². The Balaban J connectivity index is 2.90. The Labute approximate surface area is 113 Å². The van der Waals surface area contributed by atoms with Crippen LogP contribution in [0.5, 0.6) is 0 Å². The Morgan fingerprint density at radius 1 is 1.37 bits per heavy atom. The summed E-state index contributed by atoms with van der Waals surface area (Å²) < 4.78 is 26.5. The molecule has 5 nitrogen and oxygen atoms in total. The van der Waals surface area contributed by atoms with Gasteiger partial charge in [0, 0.05) is 6.54 Å². The van der Waals surface area contributed by atoms with E-state index < -0.39 is 15.6 Å². The Hall–Kier alpha value is -1.42. The van der Waals surface area contributed by atoms with E-state index in [2.05, 4.69) is 4.72 Å². The maximum atomic E-state index is 12.0. The molecular formula is C13H18N2O3S. The molecule has 19 heavy (non-hydrogen) atoms. The van der Waals surface area contributed by atoms with Gasteiger partial charge in [0.2, 0.25) is 10.0 Å². The molecule has 1 rings (SSSR count). The molecule has 0 heterocycles. The third kappa shape index (κ3) is 4.03. The predicted octanol–water partition coefficient (Wildman–Crippen LogP) is 1.39. The predicted molar refractivity (Wildman–Crippen MR) is 71.9 cm³/mol. The second kappa shape index (κ2) is 6.15. The summed E-state index contributed by atoms with van der Waals surface area (Å²) in [5.74, 6) is 0. The van der Waals surface area contributed by atoms with E-state index in [-0.39, 0.29) is 17.0 Å². The van der Waals surface area contributed by atoms with Crippen LogP contribution in [0.15, 0.2) is 29.2 Å². The molecule has 0 aliphatic heterocycles. The number of rotatable bonds is 6. The SMILES string of the molecule is CCC(O)(CC)CNS(=O)(=O)c1cccc(C#N)c1. The van der Waals surface area contributed by atoms with Crippen molar-refractivity contribution in [1.29, 1.82) is 5.26 Å². The molecule has 0 bridgehead atoms. The maximum absolute atomic E-state index is 12.0. The van der Waals surface area contributed by atoms with Crippen molar-refractivity contribution in [2.24, 2.45) is 0 Å². The van der Waals surface area contributed by atoms with E-state index in [9.17, 15) is 13.5 Å². The highest BCUT2D eigenvalue weighted by Crippen LogP contribution is 2.16. The smallest absolute Gasteiger partial charge is 0.240 e. The Morgan fingerprint density at radius 2 is 2.00 bits per heavy atom. The van der Waals surface area contributed by atoms with Gasteiger partial charge in [-0.05, 0) is 31.0 Å². The zero-order valence-electron chi connectivity index (χ0n) is 11.0. The molecule has 0 saturated carbocycles. The number of hydrogen-bond acceptors (Lipinski definition) is 4. The summed E-state index contributed by atoms with van der Waals surface area (Å²) in [5.41, 5.74) is -0.760. The van der Waals surface area contributed by atoms with Gasteiger partial charge in [0.05, 0.1) is 22.1 Å². The van der Waals surface area contributed by atoms with E-state index in [1.165, 1.54) is 24.3 Å². The van der Waals surface area contributed by atoms with E-state index in [0.717, 1.165) is 0 Å². The number of nitrogens with one attached hydrogen (secondary N) is 1. The van der Waals surface area contributed by atoms with Gasteiger partial charge >= 0.3 is 0 Å². The Morgan fingerprint density at radius 3 is 2.53 bits per heavy atom. The van der Waals surface area contributed by atoms with Gasteiger partial charge in [-0.15, -0.1) is 0 Å². The van der Waals surface area contributed by atoms with E-state index in [0.29, 0.717) is 12.8 Å². The summed E-state index contributed by atoms with van der Waals surface area (Å²) in [5, 5.41) is 18.8. The van der Waals surface area contributed by atoms with E-state index in [4.69, 9.17) is 5.26 Å². The molecule has 1 aromatic rings. The fraction of sp³-hybridized carbons (Fsp3) is 0.462. The van der Waals surface area contributed by atoms with E-state index >= 15 is 0 Å². The average molecular weight is 282 g/mol. The van der Waals surface area contributed by atoms with Gasteiger partial charge in [0.15, 0.2) is 0 Å². The first-order chi connectivity index (χ1) is 8.87. The topological polar surface area (TPSA) is 90.2 Å². The summed E-state index contributed by atoms with van der Waals surface area (Å²) in [7, 11) is -3.71. The van der Waals surface area contributed by atoms with Gasteiger partial charge in [-0.3, -0.25) is 0 Å². The van der Waals surface area contributed by atoms with Crippen LogP contribution in [-0.4, -0.2) is 25.7 Å². The minimum absolute atomic E-state index is 0.0288. The van der Waals surface area contributed by atoms with Gasteiger partial charge < -0.3 is 5.11 Å². The minimum Gasteiger partial charge on any atom is -0.389 e. The first-order valence-corrected chi connectivity index (χ1v) is 7.57. The second-order valence-corrected chi connectivity index (χ2v) is 6.16. The molecule has 0 aliphatic carbocycles. The molecule has 2 N–H and O–H groups in total. The summed E-state index contributed by atoms with van der Waals surface area (Å²) in [6.45, 7) is 3.56. The highest BCUT2D eigenvalue weighted by Gasteiger charge is 2.25. The van der Waals surface area contributed by atoms with Crippen LogP contribution in [0.25, 0.3) is 0 Å². The van der Waals surface area contributed by atoms with Gasteiger partial charge in [-0.1, -0.05) is 19.9 Å². The fourth-order valence-corrected chi connectivity index (χ4v) is 2.71.